The van der Waals surface area contributed by atoms with Gasteiger partial charge in [-0.1, -0.05) is 24.3 Å². The molecular weight excluding hydrogens is 485 g/mol. The Kier molecular flexibility index (Phi) is 8.35. The van der Waals surface area contributed by atoms with Gasteiger partial charge in [0, 0.05) is 42.4 Å². The summed E-state index contributed by atoms with van der Waals surface area (Å²) in [6.45, 7) is 2.79. The summed E-state index contributed by atoms with van der Waals surface area (Å²) in [5.41, 5.74) is 3.21. The van der Waals surface area contributed by atoms with Crippen molar-refractivity contribution >= 4 is 11.8 Å². The predicted octanol–water partition coefficient (Wildman–Crippen LogP) is 3.17. The molecule has 3 atom stereocenters. The lowest BCUT2D eigenvalue weighted by Gasteiger charge is -2.31. The van der Waals surface area contributed by atoms with Crippen LogP contribution in [0.15, 0.2) is 66.9 Å². The van der Waals surface area contributed by atoms with Crippen LogP contribution < -0.4 is 10.6 Å². The number of carbonyl (C=O) groups excluding carboxylic acids is 2. The highest BCUT2D eigenvalue weighted by Crippen LogP contribution is 2.40. The van der Waals surface area contributed by atoms with Crippen molar-refractivity contribution in [3.8, 4) is 11.3 Å². The van der Waals surface area contributed by atoms with Gasteiger partial charge >= 0.3 is 0 Å². The van der Waals surface area contributed by atoms with E-state index in [1.807, 2.05) is 36.4 Å². The fraction of sp³-hybridized carbons (Fsp3) is 0.379. The van der Waals surface area contributed by atoms with Gasteiger partial charge in [-0.25, -0.2) is 4.39 Å². The summed E-state index contributed by atoms with van der Waals surface area (Å²) >= 11 is 0. The summed E-state index contributed by atoms with van der Waals surface area (Å²) in [6, 6.07) is 17.2. The molecule has 0 bridgehead atoms. The average Bonchev–Trinajstić information content (AvgIpc) is 3.75. The van der Waals surface area contributed by atoms with Crippen molar-refractivity contribution in [3.05, 3.63) is 83.8 Å². The number of amides is 2. The molecule has 2 N–H and O–H groups in total. The molecule has 8 nitrogen and oxygen atoms in total. The molecule has 3 aromatic rings. The lowest BCUT2D eigenvalue weighted by Crippen LogP contribution is -2.52. The number of rotatable bonds is 10. The Hall–Kier alpha value is -3.69. The Balaban J connectivity index is 1.16. The number of ether oxygens (including phenoxy) is 1. The van der Waals surface area contributed by atoms with E-state index in [-0.39, 0.29) is 17.6 Å². The maximum atomic E-state index is 13.3. The van der Waals surface area contributed by atoms with Gasteiger partial charge in [0.1, 0.15) is 11.9 Å². The first-order valence-electron chi connectivity index (χ1n) is 13.1. The summed E-state index contributed by atoms with van der Waals surface area (Å²) in [4.78, 5) is 28.2. The molecule has 9 heteroatoms. The maximum Gasteiger partial charge on any atom is 0.251 e. The predicted molar refractivity (Wildman–Crippen MR) is 141 cm³/mol. The van der Waals surface area contributed by atoms with Crippen molar-refractivity contribution in [2.24, 2.45) is 0 Å². The summed E-state index contributed by atoms with van der Waals surface area (Å²) in [7, 11) is 0. The number of hydrogen-bond donors (Lipinski definition) is 2. The van der Waals surface area contributed by atoms with Gasteiger partial charge < -0.3 is 20.3 Å². The molecular formula is C29H32FN5O3. The number of aromatic nitrogens is 2. The second kappa shape index (κ2) is 12.2. The minimum absolute atomic E-state index is 0.0755. The van der Waals surface area contributed by atoms with Gasteiger partial charge in [0.2, 0.25) is 5.91 Å². The fourth-order valence-electron chi connectivity index (χ4n) is 4.84. The fourth-order valence-corrected chi connectivity index (χ4v) is 4.84. The van der Waals surface area contributed by atoms with Gasteiger partial charge in [-0.2, -0.15) is 10.2 Å². The molecule has 1 aliphatic carbocycles. The third kappa shape index (κ3) is 6.59. The van der Waals surface area contributed by atoms with Crippen LogP contribution in [0.5, 0.6) is 0 Å². The molecule has 2 fully saturated rings. The van der Waals surface area contributed by atoms with E-state index in [2.05, 4.69) is 20.8 Å². The van der Waals surface area contributed by atoms with Crippen LogP contribution in [0.25, 0.3) is 11.3 Å². The molecule has 1 aliphatic heterocycles. The molecule has 2 heterocycles. The van der Waals surface area contributed by atoms with E-state index in [0.29, 0.717) is 50.2 Å². The van der Waals surface area contributed by atoms with Gasteiger partial charge in [0.25, 0.3) is 5.91 Å². The molecule has 5 rings (SSSR count). The first kappa shape index (κ1) is 25.9. The number of halogens is 1. The molecule has 198 valence electrons. The second-order valence-electron chi connectivity index (χ2n) is 9.75. The molecule has 0 unspecified atom stereocenters. The van der Waals surface area contributed by atoms with E-state index in [1.54, 1.807) is 23.2 Å². The zero-order chi connectivity index (χ0) is 26.3. The van der Waals surface area contributed by atoms with Crippen molar-refractivity contribution in [3.63, 3.8) is 0 Å². The van der Waals surface area contributed by atoms with Crippen molar-refractivity contribution < 1.29 is 18.7 Å². The van der Waals surface area contributed by atoms with Gasteiger partial charge in [0.15, 0.2) is 0 Å². The summed E-state index contributed by atoms with van der Waals surface area (Å²) in [6.07, 6.45) is 3.89. The monoisotopic (exact) mass is 517 g/mol. The molecule has 0 spiro atoms. The standard InChI is InChI=1S/C29H32FN5O3/c30-23-11-9-20(10-12-23)24-19-27(24)31-13-1-4-26(29(37)35-15-17-38-18-16-35)33-28(36)22-7-5-21(6-8-22)25-3-2-14-32-34-25/h2-3,5-12,14,24,26-27,31H,1,4,13,15-19H2,(H,33,36)/t24-,26-,27+/m0/s1. The van der Waals surface area contributed by atoms with Crippen LogP contribution in [0.4, 0.5) is 4.39 Å². The highest BCUT2D eigenvalue weighted by Gasteiger charge is 2.37. The molecule has 2 amide bonds. The Morgan fingerprint density at radius 2 is 1.82 bits per heavy atom. The quantitative estimate of drug-likeness (QED) is 0.401. The van der Waals surface area contributed by atoms with E-state index >= 15 is 0 Å². The SMILES string of the molecule is O=C(N[C@@H](CCCN[C@@H]1C[C@H]1c1ccc(F)cc1)C(=O)N1CCOCC1)c1ccc(-c2cccnn2)cc1. The Labute approximate surface area is 221 Å². The summed E-state index contributed by atoms with van der Waals surface area (Å²) < 4.78 is 18.6. The van der Waals surface area contributed by atoms with Crippen molar-refractivity contribution in [1.82, 2.24) is 25.7 Å². The molecule has 1 aromatic heterocycles. The van der Waals surface area contributed by atoms with E-state index in [0.717, 1.165) is 36.2 Å². The minimum Gasteiger partial charge on any atom is -0.378 e. The third-order valence-corrected chi connectivity index (χ3v) is 7.11. The van der Waals surface area contributed by atoms with Crippen LogP contribution in [-0.2, 0) is 9.53 Å². The zero-order valence-corrected chi connectivity index (χ0v) is 21.2. The minimum atomic E-state index is -0.617. The second-order valence-corrected chi connectivity index (χ2v) is 9.75. The Morgan fingerprint density at radius 1 is 1.05 bits per heavy atom. The van der Waals surface area contributed by atoms with Crippen LogP contribution in [-0.4, -0.2) is 71.8 Å². The van der Waals surface area contributed by atoms with Crippen LogP contribution in [0.3, 0.4) is 0 Å². The average molecular weight is 518 g/mol. The number of morpholine rings is 1. The van der Waals surface area contributed by atoms with Crippen molar-refractivity contribution in [2.45, 2.75) is 37.3 Å². The smallest absolute Gasteiger partial charge is 0.251 e. The molecule has 2 aromatic carbocycles. The van der Waals surface area contributed by atoms with Crippen LogP contribution in [0.1, 0.15) is 41.1 Å². The molecule has 1 saturated heterocycles. The number of carbonyl (C=O) groups is 2. The van der Waals surface area contributed by atoms with E-state index < -0.39 is 6.04 Å². The lowest BCUT2D eigenvalue weighted by molar-refractivity contribution is -0.137. The van der Waals surface area contributed by atoms with E-state index in [9.17, 15) is 14.0 Å². The van der Waals surface area contributed by atoms with Crippen LogP contribution in [0.2, 0.25) is 0 Å². The van der Waals surface area contributed by atoms with Crippen LogP contribution in [0, 0.1) is 5.82 Å². The van der Waals surface area contributed by atoms with E-state index in [4.69, 9.17) is 4.74 Å². The van der Waals surface area contributed by atoms with Crippen LogP contribution >= 0.6 is 0 Å². The first-order valence-corrected chi connectivity index (χ1v) is 13.1. The topological polar surface area (TPSA) is 96.5 Å². The Bertz CT molecular complexity index is 1220. The number of nitrogens with one attached hydrogen (secondary N) is 2. The molecule has 38 heavy (non-hydrogen) atoms. The van der Waals surface area contributed by atoms with E-state index in [1.165, 1.54) is 12.1 Å². The number of benzene rings is 2. The molecule has 2 aliphatic rings. The molecule has 1 saturated carbocycles. The number of nitrogens with zero attached hydrogens (tertiary/aromatic N) is 3. The highest BCUT2D eigenvalue weighted by atomic mass is 19.1. The summed E-state index contributed by atoms with van der Waals surface area (Å²) in [5.74, 6) is -0.188. The third-order valence-electron chi connectivity index (χ3n) is 7.11. The lowest BCUT2D eigenvalue weighted by atomic mass is 10.1. The van der Waals surface area contributed by atoms with Crippen molar-refractivity contribution in [1.29, 1.82) is 0 Å². The van der Waals surface area contributed by atoms with Gasteiger partial charge in [-0.15, -0.1) is 0 Å². The Morgan fingerprint density at radius 3 is 2.53 bits per heavy atom. The van der Waals surface area contributed by atoms with Gasteiger partial charge in [-0.3, -0.25) is 9.59 Å². The van der Waals surface area contributed by atoms with Gasteiger partial charge in [0.05, 0.1) is 18.9 Å². The molecule has 0 radical (unpaired) electrons. The van der Waals surface area contributed by atoms with Crippen molar-refractivity contribution in [2.75, 3.05) is 32.8 Å². The zero-order valence-electron chi connectivity index (χ0n) is 21.2. The van der Waals surface area contributed by atoms with Gasteiger partial charge in [-0.05, 0) is 67.8 Å². The first-order chi connectivity index (χ1) is 18.6. The largest absolute Gasteiger partial charge is 0.378 e. The number of hydrogen-bond acceptors (Lipinski definition) is 6. The maximum absolute atomic E-state index is 13.3. The summed E-state index contributed by atoms with van der Waals surface area (Å²) in [5, 5.41) is 14.5. The highest BCUT2D eigenvalue weighted by molar-refractivity contribution is 5.97. The normalized spacial score (nSPS) is 19.6.